The lowest BCUT2D eigenvalue weighted by Gasteiger charge is -2.38. The monoisotopic (exact) mass is 172 g/mol. The maximum atomic E-state index is 10.0. The second-order valence-electron chi connectivity index (χ2n) is 1.24. The number of hydrogen-bond donors (Lipinski definition) is 0. The van der Waals surface area contributed by atoms with Gasteiger partial charge in [0.15, 0.2) is 0 Å². The minimum atomic E-state index is -1.81. The molecule has 0 amide bonds. The van der Waals surface area contributed by atoms with Crippen LogP contribution in [0.15, 0.2) is 0 Å². The molecule has 0 aliphatic carbocycles. The first-order valence-corrected chi connectivity index (χ1v) is 3.82. The van der Waals surface area contributed by atoms with E-state index in [0.29, 0.717) is 0 Å². The van der Waals surface area contributed by atoms with Gasteiger partial charge in [-0.15, -0.1) is 0 Å². The van der Waals surface area contributed by atoms with Gasteiger partial charge < -0.3 is 0 Å². The normalized spacial score (nSPS) is 56.4. The molecule has 0 aromatic carbocycles. The predicted molar refractivity (Wildman–Crippen MR) is 23.4 cm³/mol. The van der Waals surface area contributed by atoms with Gasteiger partial charge in [-0.25, -0.2) is 0 Å². The van der Waals surface area contributed by atoms with Crippen molar-refractivity contribution in [2.75, 3.05) is 0 Å². The molecule has 0 unspecified atom stereocenters. The summed E-state index contributed by atoms with van der Waals surface area (Å²) >= 11 is -3.62. The lowest BCUT2D eigenvalue weighted by molar-refractivity contribution is -0.443. The van der Waals surface area contributed by atoms with Crippen LogP contribution in [0, 0.1) is 0 Å². The fourth-order valence-corrected chi connectivity index (χ4v) is 1.54. The number of rotatable bonds is 0. The van der Waals surface area contributed by atoms with E-state index in [1.54, 1.807) is 0 Å². The summed E-state index contributed by atoms with van der Waals surface area (Å²) in [5.41, 5.74) is 0. The minimum Gasteiger partial charge on any atom is -0.197 e. The second-order valence-corrected chi connectivity index (χ2v) is 2.72. The first-order valence-electron chi connectivity index (χ1n) is 1.82. The first kappa shape index (κ1) is 5.89. The third-order valence-corrected chi connectivity index (χ3v) is 2.04. The highest BCUT2D eigenvalue weighted by Crippen LogP contribution is 2.39. The standard InChI is InChI=1S/CO6S2/c2-8-4-1(5-8)6-9(3)7-1. The third-order valence-electron chi connectivity index (χ3n) is 0.680. The van der Waals surface area contributed by atoms with Crippen LogP contribution in [0.2, 0.25) is 0 Å². The van der Waals surface area contributed by atoms with Crippen molar-refractivity contribution in [1.29, 1.82) is 0 Å². The molecule has 52 valence electrons. The molecule has 2 aliphatic rings. The maximum Gasteiger partial charge on any atom is 0.470 e. The summed E-state index contributed by atoms with van der Waals surface area (Å²) in [4.78, 5) is 0. The van der Waals surface area contributed by atoms with Crippen molar-refractivity contribution in [3.63, 3.8) is 0 Å². The van der Waals surface area contributed by atoms with Crippen LogP contribution in [-0.2, 0) is 39.5 Å². The predicted octanol–water partition coefficient (Wildman–Crippen LogP) is -1.15. The Bertz CT molecular complexity index is 156. The molecule has 0 bridgehead atoms. The zero-order valence-electron chi connectivity index (χ0n) is 3.77. The van der Waals surface area contributed by atoms with E-state index in [1.165, 1.54) is 0 Å². The van der Waals surface area contributed by atoms with Gasteiger partial charge in [0, 0.05) is 0 Å². The third kappa shape index (κ3) is 0.757. The Hall–Kier alpha value is 0.140. The summed E-state index contributed by atoms with van der Waals surface area (Å²) in [5.74, 6) is 0. The largest absolute Gasteiger partial charge is 0.470 e. The molecule has 0 aromatic heterocycles. The summed E-state index contributed by atoms with van der Waals surface area (Å²) in [6, 6.07) is 0. The van der Waals surface area contributed by atoms with Crippen molar-refractivity contribution in [3.8, 4) is 0 Å². The highest BCUT2D eigenvalue weighted by molar-refractivity contribution is 7.78. The molecule has 0 radical (unpaired) electrons. The Morgan fingerprint density at radius 1 is 0.889 bits per heavy atom. The van der Waals surface area contributed by atoms with Crippen LogP contribution in [-0.4, -0.2) is 14.6 Å². The van der Waals surface area contributed by atoms with E-state index >= 15 is 0 Å². The summed E-state index contributed by atoms with van der Waals surface area (Å²) in [6.07, 6.45) is -1.71. The molecule has 2 heterocycles. The van der Waals surface area contributed by atoms with Gasteiger partial charge in [-0.1, -0.05) is 0 Å². The van der Waals surface area contributed by atoms with E-state index < -0.39 is 28.9 Å². The van der Waals surface area contributed by atoms with Crippen LogP contribution in [0.25, 0.3) is 0 Å². The van der Waals surface area contributed by atoms with Crippen molar-refractivity contribution in [2.24, 2.45) is 0 Å². The quantitative estimate of drug-likeness (QED) is 0.459. The van der Waals surface area contributed by atoms with Gasteiger partial charge in [0.25, 0.3) is 0 Å². The zero-order chi connectivity index (χ0) is 6.48. The Morgan fingerprint density at radius 2 is 1.22 bits per heavy atom. The lowest BCUT2D eigenvalue weighted by atomic mass is 11.2. The molecule has 0 saturated carbocycles. The molecule has 0 atom stereocenters. The molecule has 8 heteroatoms. The molecule has 2 rings (SSSR count). The average Bonchev–Trinajstić information content (AvgIpc) is 1.58. The van der Waals surface area contributed by atoms with Crippen LogP contribution in [0.5, 0.6) is 0 Å². The summed E-state index contributed by atoms with van der Waals surface area (Å²) in [7, 11) is 0. The van der Waals surface area contributed by atoms with Crippen LogP contribution in [0.3, 0.4) is 0 Å². The van der Waals surface area contributed by atoms with Gasteiger partial charge in [-0.3, -0.25) is 0 Å². The molecular weight excluding hydrogens is 172 g/mol. The highest BCUT2D eigenvalue weighted by atomic mass is 32.2. The van der Waals surface area contributed by atoms with Crippen LogP contribution in [0.4, 0.5) is 0 Å². The van der Waals surface area contributed by atoms with Crippen molar-refractivity contribution >= 4 is 22.7 Å². The molecule has 1 spiro atoms. The Kier molecular flexibility index (Phi) is 1.04. The van der Waals surface area contributed by atoms with E-state index in [9.17, 15) is 8.42 Å². The van der Waals surface area contributed by atoms with Crippen molar-refractivity contribution in [2.45, 2.75) is 6.16 Å². The number of hydrogen-bond acceptors (Lipinski definition) is 6. The fraction of sp³-hybridized carbons (Fsp3) is 1.00. The topological polar surface area (TPSA) is 71.1 Å². The molecule has 9 heavy (non-hydrogen) atoms. The maximum absolute atomic E-state index is 10.0. The smallest absolute Gasteiger partial charge is 0.197 e. The Morgan fingerprint density at radius 3 is 1.44 bits per heavy atom. The highest BCUT2D eigenvalue weighted by Gasteiger charge is 2.63. The van der Waals surface area contributed by atoms with Gasteiger partial charge in [-0.05, 0) is 0 Å². The van der Waals surface area contributed by atoms with Gasteiger partial charge in [-0.2, -0.15) is 25.2 Å². The average molecular weight is 172 g/mol. The van der Waals surface area contributed by atoms with Crippen molar-refractivity contribution in [3.05, 3.63) is 0 Å². The van der Waals surface area contributed by atoms with Crippen LogP contribution >= 0.6 is 0 Å². The van der Waals surface area contributed by atoms with E-state index in [2.05, 4.69) is 16.7 Å². The Labute approximate surface area is 54.8 Å². The Balaban J connectivity index is 2.01. The summed E-state index contributed by atoms with van der Waals surface area (Å²) < 4.78 is 37.0. The summed E-state index contributed by atoms with van der Waals surface area (Å²) in [6.45, 7) is 0. The van der Waals surface area contributed by atoms with Crippen LogP contribution in [0.1, 0.15) is 0 Å². The molecule has 2 saturated heterocycles. The molecule has 2 aliphatic heterocycles. The first-order chi connectivity index (χ1) is 4.20. The fourth-order valence-electron chi connectivity index (χ4n) is 0.401. The minimum absolute atomic E-state index is 1.71. The zero-order valence-corrected chi connectivity index (χ0v) is 5.40. The molecule has 6 nitrogen and oxygen atoms in total. The van der Waals surface area contributed by atoms with Crippen molar-refractivity contribution < 1.29 is 25.2 Å². The SMILES string of the molecule is O=S1OC2(O1)OS(=O)O2. The van der Waals surface area contributed by atoms with E-state index in [4.69, 9.17) is 0 Å². The van der Waals surface area contributed by atoms with E-state index in [0.717, 1.165) is 0 Å². The van der Waals surface area contributed by atoms with E-state index in [1.807, 2.05) is 0 Å². The molecular formula is CO6S2. The van der Waals surface area contributed by atoms with E-state index in [-0.39, 0.29) is 0 Å². The summed E-state index contributed by atoms with van der Waals surface area (Å²) in [5, 5.41) is 0. The second kappa shape index (κ2) is 1.59. The van der Waals surface area contributed by atoms with Crippen molar-refractivity contribution in [1.82, 2.24) is 0 Å². The van der Waals surface area contributed by atoms with Gasteiger partial charge in [0.1, 0.15) is 0 Å². The molecule has 2 fully saturated rings. The van der Waals surface area contributed by atoms with Gasteiger partial charge in [0.05, 0.1) is 0 Å². The van der Waals surface area contributed by atoms with Crippen LogP contribution < -0.4 is 0 Å². The van der Waals surface area contributed by atoms with Gasteiger partial charge >= 0.3 is 28.9 Å². The lowest BCUT2D eigenvalue weighted by Crippen LogP contribution is -2.59. The van der Waals surface area contributed by atoms with Gasteiger partial charge in [0.2, 0.25) is 0 Å². The molecule has 0 aromatic rings. The molecule has 0 N–H and O–H groups in total.